The Kier molecular flexibility index (Phi) is 7.97. The summed E-state index contributed by atoms with van der Waals surface area (Å²) in [7, 11) is -9.68. The molecule has 0 aliphatic carbocycles. The van der Waals surface area contributed by atoms with Gasteiger partial charge >= 0.3 is 11.9 Å². The normalized spacial score (nSPS) is 12.4. The van der Waals surface area contributed by atoms with E-state index in [9.17, 15) is 50.8 Å². The number of nitrogen functional groups attached to an aromatic ring is 1. The molecule has 0 saturated heterocycles. The van der Waals surface area contributed by atoms with Gasteiger partial charge in [-0.1, -0.05) is 12.1 Å². The van der Waals surface area contributed by atoms with E-state index in [-0.39, 0.29) is 55.4 Å². The zero-order valence-electron chi connectivity index (χ0n) is 22.8. The molecule has 16 nitrogen and oxygen atoms in total. The zero-order chi connectivity index (χ0) is 33.6. The SMILES string of the molecule is Nc1ccc2cc(S(=O)(=O)O)c(N=Nc3ccc(N=Nc4cc(C(=O)O)cc(C(=O)O)c4)c4ccc(S(=O)(=O)O)cc34)c(O)c2c1. The Labute approximate surface area is 258 Å². The number of aromatic carboxylic acids is 2. The van der Waals surface area contributed by atoms with E-state index >= 15 is 0 Å². The number of phenols is 1. The van der Waals surface area contributed by atoms with Crippen LogP contribution in [0.4, 0.5) is 28.4 Å². The molecule has 0 radical (unpaired) electrons. The first kappa shape index (κ1) is 31.6. The highest BCUT2D eigenvalue weighted by Gasteiger charge is 2.22. The number of carboxylic acids is 2. The van der Waals surface area contributed by atoms with E-state index in [1.54, 1.807) is 0 Å². The molecular weight excluding hydrogens is 646 g/mol. The molecule has 46 heavy (non-hydrogen) atoms. The molecule has 5 rings (SSSR count). The maximum absolute atomic E-state index is 12.2. The molecule has 0 saturated carbocycles. The summed E-state index contributed by atoms with van der Waals surface area (Å²) in [6, 6.07) is 14.2. The molecular formula is C28H19N5O11S2. The molecule has 7 N–H and O–H groups in total. The number of carboxylic acid groups (broad SMARTS) is 2. The van der Waals surface area contributed by atoms with E-state index in [0.29, 0.717) is 0 Å². The van der Waals surface area contributed by atoms with E-state index in [1.165, 1.54) is 36.4 Å². The van der Waals surface area contributed by atoms with Crippen LogP contribution in [-0.4, -0.2) is 53.2 Å². The van der Waals surface area contributed by atoms with Gasteiger partial charge in [-0.25, -0.2) is 9.59 Å². The number of hydrogen-bond donors (Lipinski definition) is 6. The first-order chi connectivity index (χ1) is 21.5. The molecule has 0 spiro atoms. The van der Waals surface area contributed by atoms with Gasteiger partial charge in [0.15, 0.2) is 5.75 Å². The van der Waals surface area contributed by atoms with Gasteiger partial charge in [-0.2, -0.15) is 21.9 Å². The lowest BCUT2D eigenvalue weighted by molar-refractivity contribution is 0.0696. The third-order valence-corrected chi connectivity index (χ3v) is 8.25. The van der Waals surface area contributed by atoms with Crippen LogP contribution in [0.5, 0.6) is 5.75 Å². The van der Waals surface area contributed by atoms with E-state index in [4.69, 9.17) is 5.73 Å². The van der Waals surface area contributed by atoms with Crippen molar-refractivity contribution in [2.24, 2.45) is 20.5 Å². The molecule has 234 valence electrons. The minimum atomic E-state index is -4.95. The zero-order valence-corrected chi connectivity index (χ0v) is 24.4. The molecule has 0 atom stereocenters. The molecule has 5 aromatic carbocycles. The smallest absolute Gasteiger partial charge is 0.335 e. The van der Waals surface area contributed by atoms with E-state index in [1.807, 2.05) is 0 Å². The fourth-order valence-electron chi connectivity index (χ4n) is 4.41. The summed E-state index contributed by atoms with van der Waals surface area (Å²) in [5, 5.41) is 45.8. The van der Waals surface area contributed by atoms with Gasteiger partial charge in [-0.05, 0) is 66.0 Å². The molecule has 0 amide bonds. The lowest BCUT2D eigenvalue weighted by atomic mass is 10.1. The first-order valence-electron chi connectivity index (χ1n) is 12.5. The van der Waals surface area contributed by atoms with Gasteiger partial charge in [0.1, 0.15) is 10.6 Å². The molecule has 5 aromatic rings. The number of fused-ring (bicyclic) bond motifs is 2. The van der Waals surface area contributed by atoms with Gasteiger partial charge in [0.25, 0.3) is 20.2 Å². The van der Waals surface area contributed by atoms with Gasteiger partial charge < -0.3 is 21.1 Å². The summed E-state index contributed by atoms with van der Waals surface area (Å²) in [5.41, 5.74) is 4.44. The molecule has 18 heteroatoms. The number of anilines is 1. The monoisotopic (exact) mass is 665 g/mol. The predicted octanol–water partition coefficient (Wildman–Crippen LogP) is 6.00. The standard InChI is InChI=1S/C28H19N5O11S2/c29-16-2-1-13-10-24(46(42,43)44)25(26(34)20(13)11-16)33-32-23-6-5-22(19-4-3-18(12-21(19)23)45(39,40)41)31-30-17-8-14(27(35)36)7-15(9-17)28(37)38/h1-12,34H,29H2,(H,35,36)(H,37,38)(H,39,40,41)(H,42,43,44). The molecule has 0 unspecified atom stereocenters. The number of nitrogens with two attached hydrogens (primary N) is 1. The van der Waals surface area contributed by atoms with E-state index in [0.717, 1.165) is 36.4 Å². The second-order valence-corrected chi connectivity index (χ2v) is 12.4. The summed E-state index contributed by atoms with van der Waals surface area (Å²) in [6.07, 6.45) is 0. The summed E-state index contributed by atoms with van der Waals surface area (Å²) >= 11 is 0. The lowest BCUT2D eigenvalue weighted by Crippen LogP contribution is -2.01. The van der Waals surface area contributed by atoms with Crippen molar-refractivity contribution < 1.29 is 50.8 Å². The summed E-state index contributed by atoms with van der Waals surface area (Å²) in [4.78, 5) is 21.5. The van der Waals surface area contributed by atoms with Crippen molar-refractivity contribution in [3.05, 3.63) is 83.9 Å². The Balaban J connectivity index is 1.69. The number of carbonyl (C=O) groups is 2. The van der Waals surface area contributed by atoms with Crippen LogP contribution in [0.1, 0.15) is 20.7 Å². The maximum atomic E-state index is 12.2. The van der Waals surface area contributed by atoms with Crippen LogP contribution in [0.3, 0.4) is 0 Å². The second-order valence-electron chi connectivity index (χ2n) is 9.59. The molecule has 0 aliphatic rings. The van der Waals surface area contributed by atoms with Gasteiger partial charge in [-0.15, -0.1) is 15.3 Å². The molecule has 0 bridgehead atoms. The third-order valence-electron chi connectivity index (χ3n) is 6.54. The second kappa shape index (κ2) is 11.6. The van der Waals surface area contributed by atoms with Crippen LogP contribution < -0.4 is 5.73 Å². The van der Waals surface area contributed by atoms with Crippen LogP contribution in [-0.2, 0) is 20.2 Å². The van der Waals surface area contributed by atoms with Crippen molar-refractivity contribution in [3.8, 4) is 5.75 Å². The fourth-order valence-corrected chi connectivity index (χ4v) is 5.58. The summed E-state index contributed by atoms with van der Waals surface area (Å²) in [6.45, 7) is 0. The summed E-state index contributed by atoms with van der Waals surface area (Å²) in [5.74, 6) is -3.50. The van der Waals surface area contributed by atoms with Crippen molar-refractivity contribution in [1.82, 2.24) is 0 Å². The van der Waals surface area contributed by atoms with Gasteiger partial charge in [0, 0.05) is 21.8 Å². The first-order valence-corrected chi connectivity index (χ1v) is 15.4. The Bertz CT molecular complexity index is 2380. The van der Waals surface area contributed by atoms with Crippen molar-refractivity contribution >= 4 is 82.2 Å². The molecule has 0 heterocycles. The fraction of sp³-hybridized carbons (Fsp3) is 0. The topological polar surface area (TPSA) is 279 Å². The van der Waals surface area contributed by atoms with Gasteiger partial charge in [-0.3, -0.25) is 9.11 Å². The molecule has 0 fully saturated rings. The number of azo groups is 2. The molecule has 0 aromatic heterocycles. The average molecular weight is 666 g/mol. The Morgan fingerprint density at radius 3 is 1.83 bits per heavy atom. The van der Waals surface area contributed by atoms with Gasteiger partial charge in [0.05, 0.1) is 33.1 Å². The number of aromatic hydroxyl groups is 1. The van der Waals surface area contributed by atoms with Crippen LogP contribution in [0.15, 0.2) is 103 Å². The van der Waals surface area contributed by atoms with E-state index in [2.05, 4.69) is 20.5 Å². The molecule has 0 aliphatic heterocycles. The van der Waals surface area contributed by atoms with Crippen LogP contribution in [0.25, 0.3) is 21.5 Å². The van der Waals surface area contributed by atoms with Crippen molar-refractivity contribution in [2.45, 2.75) is 9.79 Å². The largest absolute Gasteiger partial charge is 0.505 e. The number of rotatable bonds is 8. The quantitative estimate of drug-likeness (QED) is 0.0632. The third kappa shape index (κ3) is 6.35. The number of phenolic OH excluding ortho intramolecular Hbond substituents is 1. The van der Waals surface area contributed by atoms with Gasteiger partial charge in [0.2, 0.25) is 0 Å². The lowest BCUT2D eigenvalue weighted by Gasteiger charge is -2.10. The predicted molar refractivity (Wildman–Crippen MR) is 162 cm³/mol. The Morgan fingerprint density at radius 1 is 0.630 bits per heavy atom. The van der Waals surface area contributed by atoms with Crippen LogP contribution in [0.2, 0.25) is 0 Å². The highest BCUT2D eigenvalue weighted by Crippen LogP contribution is 2.43. The van der Waals surface area contributed by atoms with E-state index < -0.39 is 53.4 Å². The average Bonchev–Trinajstić information content (AvgIpc) is 2.98. The minimum absolute atomic E-state index is 0.0150. The maximum Gasteiger partial charge on any atom is 0.335 e. The number of hydrogen-bond acceptors (Lipinski definition) is 12. The summed E-state index contributed by atoms with van der Waals surface area (Å²) < 4.78 is 67.7. The number of nitrogens with zero attached hydrogens (tertiary/aromatic N) is 4. The highest BCUT2D eigenvalue weighted by atomic mass is 32.2. The number of benzene rings is 5. The Morgan fingerprint density at radius 2 is 1.24 bits per heavy atom. The van der Waals surface area contributed by atoms with Crippen LogP contribution >= 0.6 is 0 Å². The van der Waals surface area contributed by atoms with Crippen molar-refractivity contribution in [3.63, 3.8) is 0 Å². The van der Waals surface area contributed by atoms with Crippen LogP contribution in [0, 0.1) is 0 Å². The highest BCUT2D eigenvalue weighted by molar-refractivity contribution is 7.86. The Hall–Kier alpha value is -5.82. The minimum Gasteiger partial charge on any atom is -0.505 e. The van der Waals surface area contributed by atoms with Crippen molar-refractivity contribution in [2.75, 3.05) is 5.73 Å². The van der Waals surface area contributed by atoms with Crippen molar-refractivity contribution in [1.29, 1.82) is 0 Å².